The molecule has 7 rings (SSSR count). The summed E-state index contributed by atoms with van der Waals surface area (Å²) in [5.74, 6) is 0. The molecule has 3 heteroatoms. The molecule has 0 saturated carbocycles. The Bertz CT molecular complexity index is 2060. The fourth-order valence-electron chi connectivity index (χ4n) is 6.18. The zero-order chi connectivity index (χ0) is 27.0. The van der Waals surface area contributed by atoms with Crippen LogP contribution in [0.2, 0.25) is 0 Å². The van der Waals surface area contributed by atoms with Crippen molar-refractivity contribution in [1.29, 1.82) is 5.26 Å². The first-order valence-corrected chi connectivity index (χ1v) is 13.4. The van der Waals surface area contributed by atoms with Crippen molar-refractivity contribution in [2.75, 3.05) is 0 Å². The third-order valence-corrected chi connectivity index (χ3v) is 8.08. The second kappa shape index (κ2) is 8.35. The Morgan fingerprint density at radius 1 is 0.462 bits per heavy atom. The van der Waals surface area contributed by atoms with E-state index >= 15 is 0 Å². The van der Waals surface area contributed by atoms with Crippen molar-refractivity contribution in [2.24, 2.45) is 0 Å². The fourth-order valence-corrected chi connectivity index (χ4v) is 6.18. The molecule has 188 valence electrons. The number of nitrogens with zero attached hydrogens (tertiary/aromatic N) is 3. The van der Waals surface area contributed by atoms with Crippen LogP contribution in [-0.4, -0.2) is 9.13 Å². The Kier molecular flexibility index (Phi) is 4.99. The Labute approximate surface area is 228 Å². The van der Waals surface area contributed by atoms with Gasteiger partial charge in [0.25, 0.3) is 0 Å². The molecular weight excluding hydrogens is 474 g/mol. The summed E-state index contributed by atoms with van der Waals surface area (Å²) in [6.07, 6.45) is 0. The van der Waals surface area contributed by atoms with Gasteiger partial charge in [-0.3, -0.25) is 0 Å². The summed E-state index contributed by atoms with van der Waals surface area (Å²) in [7, 11) is 0. The number of fused-ring (bicyclic) bond motifs is 6. The molecule has 0 radical (unpaired) electrons. The first-order valence-electron chi connectivity index (χ1n) is 13.4. The number of aryl methyl sites for hydroxylation is 5. The van der Waals surface area contributed by atoms with Crippen molar-refractivity contribution in [3.8, 4) is 17.4 Å². The lowest BCUT2D eigenvalue weighted by atomic mass is 10.1. The maximum Gasteiger partial charge on any atom is 0.0995 e. The first kappa shape index (κ1) is 23.3. The molecule has 39 heavy (non-hydrogen) atoms. The highest BCUT2D eigenvalue weighted by Crippen LogP contribution is 2.39. The van der Waals surface area contributed by atoms with Gasteiger partial charge >= 0.3 is 0 Å². The molecule has 0 atom stereocenters. The number of hydrogen-bond donors (Lipinski definition) is 0. The Balaban J connectivity index is 1.69. The van der Waals surface area contributed by atoms with Crippen molar-refractivity contribution < 1.29 is 0 Å². The molecular formula is C36H29N3. The highest BCUT2D eigenvalue weighted by molar-refractivity contribution is 6.12. The quantitative estimate of drug-likeness (QED) is 0.231. The second-order valence-electron chi connectivity index (χ2n) is 11.0. The summed E-state index contributed by atoms with van der Waals surface area (Å²) in [6.45, 7) is 10.6. The number of benzene rings is 5. The van der Waals surface area contributed by atoms with Gasteiger partial charge in [0.2, 0.25) is 0 Å². The second-order valence-corrected chi connectivity index (χ2v) is 11.0. The number of nitriles is 1. The van der Waals surface area contributed by atoms with Gasteiger partial charge < -0.3 is 9.13 Å². The molecule has 0 bridgehead atoms. The zero-order valence-corrected chi connectivity index (χ0v) is 22.9. The van der Waals surface area contributed by atoms with Gasteiger partial charge in [0.15, 0.2) is 0 Å². The van der Waals surface area contributed by atoms with Crippen molar-refractivity contribution >= 4 is 43.6 Å². The van der Waals surface area contributed by atoms with Gasteiger partial charge in [-0.2, -0.15) is 5.26 Å². The normalized spacial score (nSPS) is 11.7. The van der Waals surface area contributed by atoms with Crippen LogP contribution in [0.4, 0.5) is 0 Å². The van der Waals surface area contributed by atoms with E-state index in [-0.39, 0.29) is 0 Å². The predicted octanol–water partition coefficient (Wildman–Crippen LogP) is 9.29. The fraction of sp³-hybridized carbons (Fsp3) is 0.139. The molecule has 2 aromatic heterocycles. The van der Waals surface area contributed by atoms with Crippen molar-refractivity contribution in [3.05, 3.63) is 118 Å². The molecule has 2 heterocycles. The monoisotopic (exact) mass is 503 g/mol. The van der Waals surface area contributed by atoms with Crippen LogP contribution in [0, 0.1) is 45.9 Å². The maximum absolute atomic E-state index is 10.1. The Morgan fingerprint density at radius 2 is 0.795 bits per heavy atom. The van der Waals surface area contributed by atoms with Gasteiger partial charge in [-0.1, -0.05) is 46.5 Å². The van der Waals surface area contributed by atoms with E-state index in [0.717, 1.165) is 28.0 Å². The molecule has 0 unspecified atom stereocenters. The first-order chi connectivity index (χ1) is 18.8. The van der Waals surface area contributed by atoms with E-state index in [9.17, 15) is 5.26 Å². The predicted molar refractivity (Wildman–Crippen MR) is 164 cm³/mol. The maximum atomic E-state index is 10.1. The van der Waals surface area contributed by atoms with E-state index in [4.69, 9.17) is 0 Å². The molecule has 0 fully saturated rings. The number of hydrogen-bond acceptors (Lipinski definition) is 1. The molecule has 3 nitrogen and oxygen atoms in total. The lowest BCUT2D eigenvalue weighted by molar-refractivity contribution is 1.08. The topological polar surface area (TPSA) is 33.6 Å². The standard InChI is InChI=1S/C36H29N3/c1-21-6-10-31-27(14-21)28-15-22(2)7-11-32(28)38(31)35-18-25(5)26(20-37)19-36(35)39-33-12-8-23(3)16-29(33)30-17-24(4)9-13-34(30)39/h6-19H,1-5H3. The summed E-state index contributed by atoms with van der Waals surface area (Å²) >= 11 is 0. The van der Waals surface area contributed by atoms with Gasteiger partial charge in [-0.05, 0) is 101 Å². The van der Waals surface area contributed by atoms with Gasteiger partial charge in [0.05, 0.1) is 45.1 Å². The van der Waals surface area contributed by atoms with Crippen LogP contribution in [0.1, 0.15) is 33.4 Å². The lowest BCUT2D eigenvalue weighted by Gasteiger charge is -2.18. The molecule has 7 aromatic rings. The van der Waals surface area contributed by atoms with E-state index in [2.05, 4.69) is 128 Å². The highest BCUT2D eigenvalue weighted by atomic mass is 15.1. The van der Waals surface area contributed by atoms with Crippen LogP contribution in [0.3, 0.4) is 0 Å². The van der Waals surface area contributed by atoms with Crippen LogP contribution in [0.25, 0.3) is 55.0 Å². The van der Waals surface area contributed by atoms with E-state index in [1.165, 1.54) is 54.8 Å². The molecule has 0 spiro atoms. The summed E-state index contributed by atoms with van der Waals surface area (Å²) < 4.78 is 4.73. The van der Waals surface area contributed by atoms with Crippen LogP contribution in [0.15, 0.2) is 84.9 Å². The van der Waals surface area contributed by atoms with E-state index < -0.39 is 0 Å². The summed E-state index contributed by atoms with van der Waals surface area (Å²) in [5, 5.41) is 15.0. The van der Waals surface area contributed by atoms with Crippen LogP contribution < -0.4 is 0 Å². The number of aromatic nitrogens is 2. The smallest absolute Gasteiger partial charge is 0.0995 e. The molecule has 0 N–H and O–H groups in total. The Morgan fingerprint density at radius 3 is 1.13 bits per heavy atom. The van der Waals surface area contributed by atoms with Gasteiger partial charge in [0.1, 0.15) is 0 Å². The lowest BCUT2D eigenvalue weighted by Crippen LogP contribution is -2.05. The molecule has 0 aliphatic carbocycles. The third kappa shape index (κ3) is 3.42. The summed E-state index contributed by atoms with van der Waals surface area (Å²) in [4.78, 5) is 0. The van der Waals surface area contributed by atoms with Crippen molar-refractivity contribution in [2.45, 2.75) is 34.6 Å². The summed E-state index contributed by atoms with van der Waals surface area (Å²) in [5.41, 5.74) is 13.3. The largest absolute Gasteiger partial charge is 0.307 e. The molecule has 0 saturated heterocycles. The van der Waals surface area contributed by atoms with Crippen LogP contribution in [0.5, 0.6) is 0 Å². The minimum Gasteiger partial charge on any atom is -0.307 e. The molecule has 0 amide bonds. The molecule has 0 aliphatic heterocycles. The van der Waals surface area contributed by atoms with Gasteiger partial charge in [0, 0.05) is 21.5 Å². The Hall–Kier alpha value is -4.81. The SMILES string of the molecule is Cc1ccc2c(c1)c1cc(C)ccc1n2-c1cc(C)c(C#N)cc1-n1c2ccc(C)cc2c2cc(C)ccc21. The van der Waals surface area contributed by atoms with E-state index in [1.807, 2.05) is 6.92 Å². The summed E-state index contributed by atoms with van der Waals surface area (Å²) in [6, 6.07) is 33.5. The van der Waals surface area contributed by atoms with Crippen LogP contribution >= 0.6 is 0 Å². The van der Waals surface area contributed by atoms with Gasteiger partial charge in [-0.25, -0.2) is 0 Å². The van der Waals surface area contributed by atoms with E-state index in [0.29, 0.717) is 5.56 Å². The van der Waals surface area contributed by atoms with Gasteiger partial charge in [-0.15, -0.1) is 0 Å². The minimum atomic E-state index is 0.690. The zero-order valence-electron chi connectivity index (χ0n) is 22.9. The average Bonchev–Trinajstić information content (AvgIpc) is 3.39. The van der Waals surface area contributed by atoms with Crippen molar-refractivity contribution in [3.63, 3.8) is 0 Å². The highest BCUT2D eigenvalue weighted by Gasteiger charge is 2.21. The van der Waals surface area contributed by atoms with Crippen LogP contribution in [-0.2, 0) is 0 Å². The van der Waals surface area contributed by atoms with Crippen molar-refractivity contribution in [1.82, 2.24) is 9.13 Å². The average molecular weight is 504 g/mol. The molecule has 5 aromatic carbocycles. The van der Waals surface area contributed by atoms with E-state index in [1.54, 1.807) is 0 Å². The minimum absolute atomic E-state index is 0.690. The third-order valence-electron chi connectivity index (χ3n) is 8.08. The molecule has 0 aliphatic rings. The number of rotatable bonds is 2.